The molecule has 8 heteroatoms. The molecule has 102 valence electrons. The summed E-state index contributed by atoms with van der Waals surface area (Å²) in [7, 11) is 1.78. The van der Waals surface area contributed by atoms with Gasteiger partial charge >= 0.3 is 0 Å². The van der Waals surface area contributed by atoms with Gasteiger partial charge in [-0.3, -0.25) is 4.79 Å². The van der Waals surface area contributed by atoms with Gasteiger partial charge in [-0.15, -0.1) is 5.10 Å². The van der Waals surface area contributed by atoms with Crippen molar-refractivity contribution in [2.75, 3.05) is 12.3 Å². The van der Waals surface area contributed by atoms with Crippen molar-refractivity contribution in [3.63, 3.8) is 0 Å². The SMILES string of the molecule is CCCNC(C)(CCSc1nnnn1C)C(N)=O. The Balaban J connectivity index is 2.47. The Morgan fingerprint density at radius 1 is 1.61 bits per heavy atom. The smallest absolute Gasteiger partial charge is 0.237 e. The average molecular weight is 272 g/mol. The Labute approximate surface area is 111 Å². The Bertz CT molecular complexity index is 395. The van der Waals surface area contributed by atoms with E-state index in [-0.39, 0.29) is 5.91 Å². The molecule has 0 saturated heterocycles. The van der Waals surface area contributed by atoms with Crippen molar-refractivity contribution in [3.8, 4) is 0 Å². The van der Waals surface area contributed by atoms with Gasteiger partial charge in [-0.25, -0.2) is 4.68 Å². The monoisotopic (exact) mass is 272 g/mol. The number of nitrogens with two attached hydrogens (primary N) is 1. The molecule has 0 aliphatic heterocycles. The van der Waals surface area contributed by atoms with Gasteiger partial charge in [0.05, 0.1) is 5.54 Å². The number of hydrogen-bond acceptors (Lipinski definition) is 6. The van der Waals surface area contributed by atoms with Crippen LogP contribution in [-0.4, -0.2) is 44.0 Å². The lowest BCUT2D eigenvalue weighted by Crippen LogP contribution is -2.53. The first-order valence-electron chi connectivity index (χ1n) is 5.89. The van der Waals surface area contributed by atoms with Gasteiger partial charge in [-0.05, 0) is 36.7 Å². The Morgan fingerprint density at radius 3 is 2.83 bits per heavy atom. The van der Waals surface area contributed by atoms with Crippen molar-refractivity contribution < 1.29 is 4.79 Å². The first kappa shape index (κ1) is 14.9. The van der Waals surface area contributed by atoms with E-state index in [1.54, 1.807) is 11.7 Å². The number of tetrazole rings is 1. The maximum atomic E-state index is 11.5. The lowest BCUT2D eigenvalue weighted by atomic mass is 9.98. The van der Waals surface area contributed by atoms with Gasteiger partial charge < -0.3 is 11.1 Å². The van der Waals surface area contributed by atoms with Gasteiger partial charge in [0.15, 0.2) is 0 Å². The normalized spacial score (nSPS) is 14.4. The zero-order valence-corrected chi connectivity index (χ0v) is 11.8. The van der Waals surface area contributed by atoms with Crippen LogP contribution in [-0.2, 0) is 11.8 Å². The number of primary amides is 1. The van der Waals surface area contributed by atoms with Crippen LogP contribution < -0.4 is 11.1 Å². The van der Waals surface area contributed by atoms with E-state index in [9.17, 15) is 4.79 Å². The van der Waals surface area contributed by atoms with Gasteiger partial charge in [-0.1, -0.05) is 18.7 Å². The fourth-order valence-electron chi connectivity index (χ4n) is 1.39. The van der Waals surface area contributed by atoms with Gasteiger partial charge in [0, 0.05) is 12.8 Å². The minimum absolute atomic E-state index is 0.326. The predicted octanol–water partition coefficient (Wildman–Crippen LogP) is -0.0641. The number of carbonyl (C=O) groups excluding carboxylic acids is 1. The van der Waals surface area contributed by atoms with Gasteiger partial charge in [0.1, 0.15) is 0 Å². The van der Waals surface area contributed by atoms with E-state index in [0.29, 0.717) is 6.42 Å². The molecule has 1 amide bonds. The zero-order chi connectivity index (χ0) is 13.6. The second kappa shape index (κ2) is 6.69. The number of amides is 1. The van der Waals surface area contributed by atoms with Crippen LogP contribution >= 0.6 is 11.8 Å². The quantitative estimate of drug-likeness (QED) is 0.643. The summed E-state index contributed by atoms with van der Waals surface area (Å²) in [6.45, 7) is 4.66. The molecule has 0 fully saturated rings. The Kier molecular flexibility index (Phi) is 5.54. The summed E-state index contributed by atoms with van der Waals surface area (Å²) in [5.74, 6) is 0.400. The largest absolute Gasteiger partial charge is 0.368 e. The lowest BCUT2D eigenvalue weighted by molar-refractivity contribution is -0.123. The number of hydrogen-bond donors (Lipinski definition) is 2. The maximum absolute atomic E-state index is 11.5. The minimum Gasteiger partial charge on any atom is -0.368 e. The van der Waals surface area contributed by atoms with E-state index in [1.165, 1.54) is 11.8 Å². The summed E-state index contributed by atoms with van der Waals surface area (Å²) in [5, 5.41) is 15.1. The second-order valence-electron chi connectivity index (χ2n) is 4.31. The molecular formula is C10H20N6OS. The zero-order valence-electron chi connectivity index (χ0n) is 11.0. The molecule has 1 aromatic rings. The summed E-state index contributed by atoms with van der Waals surface area (Å²) in [6, 6.07) is 0. The van der Waals surface area contributed by atoms with Crippen molar-refractivity contribution in [1.29, 1.82) is 0 Å². The van der Waals surface area contributed by atoms with Crippen LogP contribution in [0.25, 0.3) is 0 Å². The fraction of sp³-hybridized carbons (Fsp3) is 0.800. The van der Waals surface area contributed by atoms with Crippen LogP contribution in [0.4, 0.5) is 0 Å². The third-order valence-electron chi connectivity index (χ3n) is 2.72. The molecule has 1 aromatic heterocycles. The minimum atomic E-state index is -0.672. The van der Waals surface area contributed by atoms with Crippen LogP contribution in [0.3, 0.4) is 0 Å². The van der Waals surface area contributed by atoms with Gasteiger partial charge in [0.25, 0.3) is 0 Å². The molecule has 0 radical (unpaired) electrons. The highest BCUT2D eigenvalue weighted by Crippen LogP contribution is 2.19. The van der Waals surface area contributed by atoms with Crippen molar-refractivity contribution in [3.05, 3.63) is 0 Å². The third kappa shape index (κ3) is 3.95. The molecule has 1 unspecified atom stereocenters. The van der Waals surface area contributed by atoms with Gasteiger partial charge in [0.2, 0.25) is 11.1 Å². The number of thioether (sulfide) groups is 1. The molecule has 7 nitrogen and oxygen atoms in total. The van der Waals surface area contributed by atoms with E-state index < -0.39 is 5.54 Å². The standard InChI is InChI=1S/C10H20N6OS/c1-4-6-12-10(2,8(11)17)5-7-18-9-13-14-15-16(9)3/h12H,4-7H2,1-3H3,(H2,11,17). The summed E-state index contributed by atoms with van der Waals surface area (Å²) in [5.41, 5.74) is 4.77. The predicted molar refractivity (Wildman–Crippen MR) is 70.0 cm³/mol. The molecule has 0 aromatic carbocycles. The topological polar surface area (TPSA) is 98.7 Å². The maximum Gasteiger partial charge on any atom is 0.237 e. The number of nitrogens with zero attached hydrogens (tertiary/aromatic N) is 4. The molecule has 0 bridgehead atoms. The van der Waals surface area contributed by atoms with Crippen molar-refractivity contribution in [1.82, 2.24) is 25.5 Å². The summed E-state index contributed by atoms with van der Waals surface area (Å²) >= 11 is 1.51. The van der Waals surface area contributed by atoms with Crippen LogP contribution in [0, 0.1) is 0 Å². The van der Waals surface area contributed by atoms with E-state index in [4.69, 9.17) is 5.73 Å². The number of carbonyl (C=O) groups is 1. The molecule has 1 rings (SSSR count). The van der Waals surface area contributed by atoms with E-state index in [1.807, 2.05) is 13.8 Å². The number of rotatable bonds is 8. The van der Waals surface area contributed by atoms with Crippen LogP contribution in [0.2, 0.25) is 0 Å². The number of aryl methyl sites for hydroxylation is 1. The van der Waals surface area contributed by atoms with Gasteiger partial charge in [-0.2, -0.15) is 0 Å². The molecule has 18 heavy (non-hydrogen) atoms. The van der Waals surface area contributed by atoms with Crippen molar-refractivity contribution in [2.45, 2.75) is 37.4 Å². The molecule has 1 atom stereocenters. The molecular weight excluding hydrogens is 252 g/mol. The summed E-state index contributed by atoms with van der Waals surface area (Å²) < 4.78 is 1.60. The van der Waals surface area contributed by atoms with Crippen molar-refractivity contribution in [2.24, 2.45) is 12.8 Å². The first-order valence-corrected chi connectivity index (χ1v) is 6.88. The van der Waals surface area contributed by atoms with E-state index in [2.05, 4.69) is 20.8 Å². The van der Waals surface area contributed by atoms with E-state index in [0.717, 1.165) is 23.9 Å². The molecule has 3 N–H and O–H groups in total. The van der Waals surface area contributed by atoms with Crippen LogP contribution in [0.1, 0.15) is 26.7 Å². The molecule has 0 spiro atoms. The molecule has 0 aliphatic carbocycles. The third-order valence-corrected chi connectivity index (χ3v) is 3.74. The molecule has 0 saturated carbocycles. The highest BCUT2D eigenvalue weighted by molar-refractivity contribution is 7.99. The molecule has 1 heterocycles. The first-order chi connectivity index (χ1) is 8.49. The Hall–Kier alpha value is -1.15. The fourth-order valence-corrected chi connectivity index (χ4v) is 2.40. The van der Waals surface area contributed by atoms with E-state index >= 15 is 0 Å². The highest BCUT2D eigenvalue weighted by atomic mass is 32.2. The van der Waals surface area contributed by atoms with Crippen LogP contribution in [0.5, 0.6) is 0 Å². The Morgan fingerprint density at radius 2 is 2.33 bits per heavy atom. The average Bonchev–Trinajstić information content (AvgIpc) is 2.72. The number of aromatic nitrogens is 4. The second-order valence-corrected chi connectivity index (χ2v) is 5.37. The summed E-state index contributed by atoms with van der Waals surface area (Å²) in [6.07, 6.45) is 1.60. The summed E-state index contributed by atoms with van der Waals surface area (Å²) in [4.78, 5) is 11.5. The van der Waals surface area contributed by atoms with Crippen LogP contribution in [0.15, 0.2) is 5.16 Å². The molecule has 0 aliphatic rings. The van der Waals surface area contributed by atoms with Crippen molar-refractivity contribution >= 4 is 17.7 Å². The highest BCUT2D eigenvalue weighted by Gasteiger charge is 2.29. The number of nitrogens with one attached hydrogen (secondary N) is 1. The lowest BCUT2D eigenvalue weighted by Gasteiger charge is -2.27.